The topological polar surface area (TPSA) is 80.4 Å². The second-order valence-corrected chi connectivity index (χ2v) is 2.94. The lowest BCUT2D eigenvalue weighted by Gasteiger charge is -1.98. The number of carbonyl (C=O) groups is 2. The van der Waals surface area contributed by atoms with E-state index in [1.807, 2.05) is 0 Å². The Kier molecular flexibility index (Phi) is 7.44. The van der Waals surface area contributed by atoms with Crippen LogP contribution in [0.25, 0.3) is 0 Å². The van der Waals surface area contributed by atoms with Crippen LogP contribution in [-0.4, -0.2) is 29.8 Å². The molecule has 0 rings (SSSR count). The molecule has 76 valence electrons. The van der Waals surface area contributed by atoms with Crippen molar-refractivity contribution in [3.05, 3.63) is 0 Å². The first-order valence-corrected chi connectivity index (χ1v) is 4.55. The third kappa shape index (κ3) is 7.62. The molecule has 3 N–H and O–H groups in total. The van der Waals surface area contributed by atoms with Crippen molar-refractivity contribution in [1.82, 2.24) is 0 Å². The van der Waals surface area contributed by atoms with Crippen LogP contribution in [-0.2, 0) is 9.59 Å². The summed E-state index contributed by atoms with van der Waals surface area (Å²) in [5.41, 5.74) is 5.18. The van der Waals surface area contributed by atoms with Crippen molar-refractivity contribution in [2.45, 2.75) is 32.1 Å². The Hall–Kier alpha value is -0.740. The molecule has 0 aromatic heterocycles. The number of nitrogens with two attached hydrogens (primary N) is 1. The van der Waals surface area contributed by atoms with Gasteiger partial charge in [0.25, 0.3) is 0 Å². The summed E-state index contributed by atoms with van der Waals surface area (Å²) in [7, 11) is 0. The molecule has 4 nitrogen and oxygen atoms in total. The van der Waals surface area contributed by atoms with E-state index in [0.29, 0.717) is 38.6 Å². The highest BCUT2D eigenvalue weighted by Gasteiger charge is 2.05. The Balaban J connectivity index is 3.40. The third-order valence-corrected chi connectivity index (χ3v) is 1.72. The summed E-state index contributed by atoms with van der Waals surface area (Å²) in [5.74, 6) is 0.0827. The van der Waals surface area contributed by atoms with Crippen LogP contribution in [0.5, 0.6) is 0 Å². The molecule has 13 heavy (non-hydrogen) atoms. The van der Waals surface area contributed by atoms with Gasteiger partial charge in [0.2, 0.25) is 0 Å². The summed E-state index contributed by atoms with van der Waals surface area (Å²) in [6.07, 6.45) is 1.80. The Bertz CT molecular complexity index is 168. The molecule has 0 aromatic rings. The number of ketones is 2. The standard InChI is InChI=1S/C9H17NO3/c10-6-5-9(13)4-3-8(12)2-1-7-11/h11H,1-7,10H2. The summed E-state index contributed by atoms with van der Waals surface area (Å²) in [6.45, 7) is 0.381. The minimum atomic E-state index is 0.0302. The first kappa shape index (κ1) is 12.3. The summed E-state index contributed by atoms with van der Waals surface area (Å²) >= 11 is 0. The van der Waals surface area contributed by atoms with Crippen LogP contribution in [0.4, 0.5) is 0 Å². The van der Waals surface area contributed by atoms with E-state index in [-0.39, 0.29) is 18.2 Å². The second kappa shape index (κ2) is 7.89. The molecule has 0 radical (unpaired) electrons. The summed E-state index contributed by atoms with van der Waals surface area (Å²) in [6, 6.07) is 0. The van der Waals surface area contributed by atoms with Gasteiger partial charge in [-0.25, -0.2) is 0 Å². The normalized spacial score (nSPS) is 10.0. The lowest BCUT2D eigenvalue weighted by molar-refractivity contribution is -0.124. The zero-order valence-electron chi connectivity index (χ0n) is 7.79. The molecule has 0 aliphatic carbocycles. The summed E-state index contributed by atoms with van der Waals surface area (Å²) in [5, 5.41) is 8.44. The van der Waals surface area contributed by atoms with Gasteiger partial charge in [-0.1, -0.05) is 0 Å². The first-order chi connectivity index (χ1) is 6.20. The van der Waals surface area contributed by atoms with Crippen LogP contribution >= 0.6 is 0 Å². The van der Waals surface area contributed by atoms with E-state index in [4.69, 9.17) is 10.8 Å². The first-order valence-electron chi connectivity index (χ1n) is 4.55. The Labute approximate surface area is 78.1 Å². The van der Waals surface area contributed by atoms with Gasteiger partial charge in [0, 0.05) is 32.3 Å². The zero-order valence-corrected chi connectivity index (χ0v) is 7.79. The molecule has 0 fully saturated rings. The van der Waals surface area contributed by atoms with Gasteiger partial charge < -0.3 is 10.8 Å². The van der Waals surface area contributed by atoms with Gasteiger partial charge in [0.15, 0.2) is 0 Å². The molecule has 0 amide bonds. The largest absolute Gasteiger partial charge is 0.396 e. The molecule has 4 heteroatoms. The molecule has 0 aliphatic heterocycles. The van der Waals surface area contributed by atoms with Gasteiger partial charge in [-0.2, -0.15) is 0 Å². The highest BCUT2D eigenvalue weighted by atomic mass is 16.3. The number of hydrogen-bond acceptors (Lipinski definition) is 4. The van der Waals surface area contributed by atoms with E-state index < -0.39 is 0 Å². The molecular weight excluding hydrogens is 170 g/mol. The lowest BCUT2D eigenvalue weighted by atomic mass is 10.1. The Morgan fingerprint density at radius 3 is 2.00 bits per heavy atom. The van der Waals surface area contributed by atoms with Crippen LogP contribution in [0.15, 0.2) is 0 Å². The Morgan fingerprint density at radius 2 is 1.54 bits per heavy atom. The van der Waals surface area contributed by atoms with Crippen LogP contribution in [0, 0.1) is 0 Å². The number of hydrogen-bond donors (Lipinski definition) is 2. The Morgan fingerprint density at radius 1 is 1.00 bits per heavy atom. The second-order valence-electron chi connectivity index (χ2n) is 2.94. The highest BCUT2D eigenvalue weighted by molar-refractivity contribution is 5.85. The quantitative estimate of drug-likeness (QED) is 0.561. The van der Waals surface area contributed by atoms with Crippen LogP contribution in [0.2, 0.25) is 0 Å². The third-order valence-electron chi connectivity index (χ3n) is 1.72. The minimum absolute atomic E-state index is 0.0302. The number of aliphatic hydroxyl groups excluding tert-OH is 1. The van der Waals surface area contributed by atoms with Gasteiger partial charge in [-0.3, -0.25) is 9.59 Å². The lowest BCUT2D eigenvalue weighted by Crippen LogP contribution is -2.09. The summed E-state index contributed by atoms with van der Waals surface area (Å²) in [4.78, 5) is 22.0. The van der Waals surface area contributed by atoms with Gasteiger partial charge in [0.05, 0.1) is 0 Å². The van der Waals surface area contributed by atoms with Crippen LogP contribution < -0.4 is 5.73 Å². The number of rotatable bonds is 8. The van der Waals surface area contributed by atoms with E-state index in [1.54, 1.807) is 0 Å². The van der Waals surface area contributed by atoms with Crippen molar-refractivity contribution in [3.8, 4) is 0 Å². The van der Waals surface area contributed by atoms with Gasteiger partial charge in [-0.05, 0) is 13.0 Å². The van der Waals surface area contributed by atoms with E-state index in [1.165, 1.54) is 0 Å². The van der Waals surface area contributed by atoms with E-state index >= 15 is 0 Å². The number of Topliss-reactive ketones (excluding diaryl/α,β-unsaturated/α-hetero) is 2. The molecule has 0 spiro atoms. The highest BCUT2D eigenvalue weighted by Crippen LogP contribution is 2.00. The van der Waals surface area contributed by atoms with Crippen LogP contribution in [0.1, 0.15) is 32.1 Å². The molecule has 0 saturated heterocycles. The molecule has 0 atom stereocenters. The minimum Gasteiger partial charge on any atom is -0.396 e. The number of aliphatic hydroxyl groups is 1. The zero-order chi connectivity index (χ0) is 10.1. The average molecular weight is 187 g/mol. The van der Waals surface area contributed by atoms with E-state index in [9.17, 15) is 9.59 Å². The molecule has 0 heterocycles. The van der Waals surface area contributed by atoms with E-state index in [0.717, 1.165) is 0 Å². The van der Waals surface area contributed by atoms with Crippen LogP contribution in [0.3, 0.4) is 0 Å². The molecular formula is C9H17NO3. The van der Waals surface area contributed by atoms with Crippen molar-refractivity contribution in [3.63, 3.8) is 0 Å². The predicted molar refractivity (Wildman–Crippen MR) is 49.2 cm³/mol. The fourth-order valence-corrected chi connectivity index (χ4v) is 0.966. The predicted octanol–water partition coefficient (Wildman–Crippen LogP) is 0.0261. The molecule has 0 unspecified atom stereocenters. The van der Waals surface area contributed by atoms with Crippen molar-refractivity contribution in [2.24, 2.45) is 5.73 Å². The van der Waals surface area contributed by atoms with Crippen molar-refractivity contribution < 1.29 is 14.7 Å². The molecule has 0 aliphatic rings. The monoisotopic (exact) mass is 187 g/mol. The number of carbonyl (C=O) groups excluding carboxylic acids is 2. The maximum Gasteiger partial charge on any atom is 0.134 e. The summed E-state index contributed by atoms with van der Waals surface area (Å²) < 4.78 is 0. The van der Waals surface area contributed by atoms with Gasteiger partial charge in [-0.15, -0.1) is 0 Å². The SMILES string of the molecule is NCCC(=O)CCC(=O)CCCO. The van der Waals surface area contributed by atoms with Gasteiger partial charge in [0.1, 0.15) is 11.6 Å². The molecule has 0 aromatic carbocycles. The average Bonchev–Trinajstić information content (AvgIpc) is 2.12. The van der Waals surface area contributed by atoms with Gasteiger partial charge >= 0.3 is 0 Å². The van der Waals surface area contributed by atoms with E-state index in [2.05, 4.69) is 0 Å². The molecule has 0 saturated carbocycles. The smallest absolute Gasteiger partial charge is 0.134 e. The molecule has 0 bridgehead atoms. The maximum absolute atomic E-state index is 11.0. The van der Waals surface area contributed by atoms with Crippen molar-refractivity contribution in [1.29, 1.82) is 0 Å². The van der Waals surface area contributed by atoms with Crippen molar-refractivity contribution >= 4 is 11.6 Å². The fourth-order valence-electron chi connectivity index (χ4n) is 0.966. The van der Waals surface area contributed by atoms with Crippen molar-refractivity contribution in [2.75, 3.05) is 13.2 Å². The fraction of sp³-hybridized carbons (Fsp3) is 0.778. The maximum atomic E-state index is 11.0.